The van der Waals surface area contributed by atoms with Gasteiger partial charge in [0.2, 0.25) is 11.3 Å². The van der Waals surface area contributed by atoms with Gasteiger partial charge in [-0.1, -0.05) is 0 Å². The van der Waals surface area contributed by atoms with E-state index in [0.717, 1.165) is 0 Å². The smallest absolute Gasteiger partial charge is 0.232 e. The van der Waals surface area contributed by atoms with Gasteiger partial charge in [0.05, 0.1) is 6.04 Å². The van der Waals surface area contributed by atoms with Crippen LogP contribution in [0.5, 0.6) is 0 Å². The normalized spacial score (nSPS) is 20.9. The molecule has 0 spiro atoms. The fraction of sp³-hybridized carbons (Fsp3) is 0.333. The lowest BCUT2D eigenvalue weighted by atomic mass is 10.1. The first-order chi connectivity index (χ1) is 7.50. The van der Waals surface area contributed by atoms with E-state index in [-0.39, 0.29) is 24.0 Å². The first-order valence-corrected chi connectivity index (χ1v) is 5.64. The minimum Gasteiger partial charge on any atom is -0.294 e. The van der Waals surface area contributed by atoms with Crippen molar-refractivity contribution in [3.8, 4) is 0 Å². The lowest BCUT2D eigenvalue weighted by Gasteiger charge is -2.12. The van der Waals surface area contributed by atoms with Gasteiger partial charge in [-0.25, -0.2) is 22.1 Å². The average Bonchev–Trinajstić information content (AvgIpc) is 2.58. The summed E-state index contributed by atoms with van der Waals surface area (Å²) in [7, 11) is 0. The molecule has 0 saturated heterocycles. The predicted molar refractivity (Wildman–Crippen MR) is 51.3 cm³/mol. The van der Waals surface area contributed by atoms with E-state index in [1.807, 2.05) is 0 Å². The van der Waals surface area contributed by atoms with E-state index in [2.05, 4.69) is 4.72 Å². The summed E-state index contributed by atoms with van der Waals surface area (Å²) < 4.78 is 61.0. The fourth-order valence-corrected chi connectivity index (χ4v) is 2.42. The largest absolute Gasteiger partial charge is 0.294 e. The number of fused-ring (bicyclic) bond motifs is 1. The molecule has 2 rings (SSSR count). The number of halogens is 3. The monoisotopic (exact) mass is 251 g/mol. The molecule has 0 aromatic heterocycles. The molecule has 3 nitrogen and oxygen atoms in total. The van der Waals surface area contributed by atoms with E-state index < -0.39 is 34.8 Å². The Kier molecular flexibility index (Phi) is 3.00. The molecule has 0 radical (unpaired) electrons. The molecule has 88 valence electrons. The minimum absolute atomic E-state index is 0.0712. The van der Waals surface area contributed by atoms with Gasteiger partial charge in [-0.15, -0.1) is 0 Å². The maximum Gasteiger partial charge on any atom is 0.232 e. The molecule has 7 heteroatoms. The van der Waals surface area contributed by atoms with E-state index in [1.165, 1.54) is 0 Å². The molecule has 1 aromatic carbocycles. The van der Waals surface area contributed by atoms with Gasteiger partial charge < -0.3 is 0 Å². The van der Waals surface area contributed by atoms with Crippen LogP contribution in [0.25, 0.3) is 0 Å². The van der Waals surface area contributed by atoms with Crippen LogP contribution in [0.3, 0.4) is 0 Å². The van der Waals surface area contributed by atoms with Crippen molar-refractivity contribution in [3.05, 3.63) is 34.6 Å². The van der Waals surface area contributed by atoms with Gasteiger partial charge in [-0.05, 0) is 18.4 Å². The van der Waals surface area contributed by atoms with Crippen molar-refractivity contribution < 1.29 is 21.9 Å². The Morgan fingerprint density at radius 3 is 2.69 bits per heavy atom. The van der Waals surface area contributed by atoms with E-state index in [0.29, 0.717) is 6.07 Å². The van der Waals surface area contributed by atoms with Gasteiger partial charge >= 0.3 is 0 Å². The van der Waals surface area contributed by atoms with Crippen LogP contribution in [0.15, 0.2) is 6.07 Å². The summed E-state index contributed by atoms with van der Waals surface area (Å²) in [5.74, 6) is -3.26. The zero-order chi connectivity index (χ0) is 11.9. The van der Waals surface area contributed by atoms with E-state index in [4.69, 9.17) is 4.55 Å². The van der Waals surface area contributed by atoms with Crippen molar-refractivity contribution in [3.63, 3.8) is 0 Å². The molecule has 2 unspecified atom stereocenters. The second kappa shape index (κ2) is 4.15. The second-order valence-corrected chi connectivity index (χ2v) is 4.24. The highest BCUT2D eigenvalue weighted by molar-refractivity contribution is 7.77. The number of nitrogens with one attached hydrogen (secondary N) is 1. The highest BCUT2D eigenvalue weighted by Crippen LogP contribution is 2.36. The minimum atomic E-state index is -2.35. The van der Waals surface area contributed by atoms with Crippen molar-refractivity contribution in [2.75, 3.05) is 0 Å². The number of benzene rings is 1. The molecule has 0 bridgehead atoms. The first kappa shape index (κ1) is 11.6. The van der Waals surface area contributed by atoms with Gasteiger partial charge in [-0.2, -0.15) is 0 Å². The van der Waals surface area contributed by atoms with Crippen molar-refractivity contribution in [1.29, 1.82) is 0 Å². The fourth-order valence-electron chi connectivity index (χ4n) is 1.94. The van der Waals surface area contributed by atoms with Crippen LogP contribution in [-0.2, 0) is 17.7 Å². The molecule has 1 aliphatic carbocycles. The van der Waals surface area contributed by atoms with Crippen LogP contribution >= 0.6 is 0 Å². The standard InChI is InChI=1S/C9H8F3NO2S/c10-5-3-6(11)9(12)8-4(5)1-2-7(8)13-16(14)15/h3,7,13H,1-2H2,(H,14,15). The molecule has 2 atom stereocenters. The Morgan fingerprint density at radius 1 is 1.38 bits per heavy atom. The molecular formula is C9H8F3NO2S. The zero-order valence-electron chi connectivity index (χ0n) is 7.97. The second-order valence-electron chi connectivity index (χ2n) is 3.50. The van der Waals surface area contributed by atoms with Crippen LogP contribution in [0.2, 0.25) is 0 Å². The summed E-state index contributed by atoms with van der Waals surface area (Å²) in [5.41, 5.74) is -0.109. The van der Waals surface area contributed by atoms with Gasteiger partial charge in [0.1, 0.15) is 5.82 Å². The van der Waals surface area contributed by atoms with Crippen molar-refractivity contribution in [2.24, 2.45) is 0 Å². The molecule has 2 N–H and O–H groups in total. The summed E-state index contributed by atoms with van der Waals surface area (Å²) in [6.45, 7) is 0. The predicted octanol–water partition coefficient (Wildman–Crippen LogP) is 1.82. The summed E-state index contributed by atoms with van der Waals surface area (Å²) in [4.78, 5) is 0. The highest BCUT2D eigenvalue weighted by Gasteiger charge is 2.31. The average molecular weight is 251 g/mol. The topological polar surface area (TPSA) is 49.3 Å². The number of rotatable bonds is 2. The van der Waals surface area contributed by atoms with Gasteiger partial charge in [0.25, 0.3) is 0 Å². The van der Waals surface area contributed by atoms with E-state index in [9.17, 15) is 17.4 Å². The van der Waals surface area contributed by atoms with Crippen LogP contribution in [0.4, 0.5) is 13.2 Å². The summed E-state index contributed by atoms with van der Waals surface area (Å²) in [5, 5.41) is 0. The van der Waals surface area contributed by atoms with Gasteiger partial charge in [0, 0.05) is 11.6 Å². The van der Waals surface area contributed by atoms with Crippen molar-refractivity contribution in [1.82, 2.24) is 4.72 Å². The van der Waals surface area contributed by atoms with E-state index in [1.54, 1.807) is 0 Å². The molecule has 1 aromatic rings. The molecule has 0 aliphatic heterocycles. The Balaban J connectivity index is 2.48. The summed E-state index contributed by atoms with van der Waals surface area (Å²) in [6, 6.07) is -0.335. The van der Waals surface area contributed by atoms with Crippen LogP contribution in [-0.4, -0.2) is 8.76 Å². The zero-order valence-corrected chi connectivity index (χ0v) is 8.78. The number of hydrogen-bond acceptors (Lipinski definition) is 1. The SMILES string of the molecule is O=S(O)NC1CCc2c(F)cc(F)c(F)c21. The lowest BCUT2D eigenvalue weighted by molar-refractivity contribution is 0.471. The maximum absolute atomic E-state index is 13.4. The molecule has 16 heavy (non-hydrogen) atoms. The van der Waals surface area contributed by atoms with Gasteiger partial charge in [0.15, 0.2) is 11.6 Å². The molecule has 1 aliphatic rings. The quantitative estimate of drug-likeness (QED) is 0.622. The maximum atomic E-state index is 13.4. The Bertz CT molecular complexity index is 467. The van der Waals surface area contributed by atoms with E-state index >= 15 is 0 Å². The molecular weight excluding hydrogens is 243 g/mol. The highest BCUT2D eigenvalue weighted by atomic mass is 32.2. The first-order valence-electron chi connectivity index (χ1n) is 4.54. The van der Waals surface area contributed by atoms with Crippen molar-refractivity contribution in [2.45, 2.75) is 18.9 Å². The molecule has 0 amide bonds. The Hall–Kier alpha value is -0.920. The summed E-state index contributed by atoms with van der Waals surface area (Å²) in [6.07, 6.45) is 0.478. The molecule has 0 fully saturated rings. The van der Waals surface area contributed by atoms with Gasteiger partial charge in [-0.3, -0.25) is 4.55 Å². The molecule has 0 heterocycles. The Labute approximate surface area is 92.1 Å². The summed E-state index contributed by atoms with van der Waals surface area (Å²) >= 11 is -2.35. The van der Waals surface area contributed by atoms with Crippen molar-refractivity contribution >= 4 is 11.3 Å². The molecule has 0 saturated carbocycles. The third-order valence-electron chi connectivity index (χ3n) is 2.59. The van der Waals surface area contributed by atoms with Crippen LogP contribution in [0, 0.1) is 17.5 Å². The number of hydrogen-bond donors (Lipinski definition) is 2. The third-order valence-corrected chi connectivity index (χ3v) is 3.07. The van der Waals surface area contributed by atoms with Crippen LogP contribution in [0.1, 0.15) is 23.6 Å². The Morgan fingerprint density at radius 2 is 2.06 bits per heavy atom. The lowest BCUT2D eigenvalue weighted by Crippen LogP contribution is -2.22. The van der Waals surface area contributed by atoms with Crippen LogP contribution < -0.4 is 4.72 Å². The third kappa shape index (κ3) is 1.85.